The van der Waals surface area contributed by atoms with E-state index < -0.39 is 5.91 Å². The van der Waals surface area contributed by atoms with Crippen LogP contribution in [0.2, 0.25) is 10.0 Å². The molecule has 0 aliphatic heterocycles. The number of carbonyl (C=O) groups is 1. The largest absolute Gasteiger partial charge is 0.493 e. The number of primary amides is 1. The number of halogens is 2. The van der Waals surface area contributed by atoms with Crippen LogP contribution in [-0.4, -0.2) is 19.1 Å². The van der Waals surface area contributed by atoms with Crippen molar-refractivity contribution >= 4 is 29.1 Å². The Bertz CT molecular complexity index is 373. The zero-order chi connectivity index (χ0) is 12.1. The summed E-state index contributed by atoms with van der Waals surface area (Å²) in [4.78, 5) is 11.0. The third-order valence-electron chi connectivity index (χ3n) is 1.88. The predicted molar refractivity (Wildman–Crippen MR) is 64.1 cm³/mol. The van der Waals surface area contributed by atoms with Gasteiger partial charge in [-0.2, -0.15) is 0 Å². The molecule has 0 unspecified atom stereocenters. The third kappa shape index (κ3) is 3.27. The van der Waals surface area contributed by atoms with Crippen LogP contribution in [0.15, 0.2) is 12.1 Å². The summed E-state index contributed by atoms with van der Waals surface area (Å²) in [5.41, 5.74) is 10.6. The van der Waals surface area contributed by atoms with E-state index in [1.165, 1.54) is 12.1 Å². The predicted octanol–water partition coefficient (Wildman–Crippen LogP) is 1.82. The molecule has 0 saturated heterocycles. The van der Waals surface area contributed by atoms with Gasteiger partial charge in [-0.15, -0.1) is 0 Å². The first-order valence-corrected chi connectivity index (χ1v) is 5.43. The van der Waals surface area contributed by atoms with E-state index in [1.54, 1.807) is 0 Å². The molecule has 0 atom stereocenters. The average Bonchev–Trinajstić information content (AvgIpc) is 2.16. The SMILES string of the molecule is NCCCOc1cc(Cl)c(C(N)=O)c(Cl)c1. The maximum atomic E-state index is 11.0. The van der Waals surface area contributed by atoms with E-state index in [0.717, 1.165) is 6.42 Å². The van der Waals surface area contributed by atoms with Crippen molar-refractivity contribution in [2.75, 3.05) is 13.2 Å². The summed E-state index contributed by atoms with van der Waals surface area (Å²) in [7, 11) is 0. The highest BCUT2D eigenvalue weighted by Gasteiger charge is 2.13. The Hall–Kier alpha value is -0.970. The first-order chi connectivity index (χ1) is 7.56. The van der Waals surface area contributed by atoms with E-state index in [1.807, 2.05) is 0 Å². The van der Waals surface area contributed by atoms with Crippen molar-refractivity contribution in [3.8, 4) is 5.75 Å². The van der Waals surface area contributed by atoms with Crippen molar-refractivity contribution in [2.24, 2.45) is 11.5 Å². The lowest BCUT2D eigenvalue weighted by atomic mass is 10.2. The van der Waals surface area contributed by atoms with Gasteiger partial charge in [0.25, 0.3) is 5.91 Å². The Morgan fingerprint density at radius 3 is 2.31 bits per heavy atom. The Morgan fingerprint density at radius 1 is 1.31 bits per heavy atom. The maximum Gasteiger partial charge on any atom is 0.251 e. The van der Waals surface area contributed by atoms with Gasteiger partial charge >= 0.3 is 0 Å². The Kier molecular flexibility index (Phi) is 4.86. The Labute approximate surface area is 103 Å². The topological polar surface area (TPSA) is 78.3 Å². The summed E-state index contributed by atoms with van der Waals surface area (Å²) in [6, 6.07) is 3.01. The fourth-order valence-electron chi connectivity index (χ4n) is 1.14. The molecule has 16 heavy (non-hydrogen) atoms. The van der Waals surface area contributed by atoms with Crippen LogP contribution in [0, 0.1) is 0 Å². The monoisotopic (exact) mass is 262 g/mol. The Balaban J connectivity index is 2.87. The van der Waals surface area contributed by atoms with Crippen LogP contribution in [0.1, 0.15) is 16.8 Å². The number of rotatable bonds is 5. The summed E-state index contributed by atoms with van der Waals surface area (Å²) in [6.45, 7) is 1.01. The Morgan fingerprint density at radius 2 is 1.88 bits per heavy atom. The van der Waals surface area contributed by atoms with E-state index in [2.05, 4.69) is 0 Å². The van der Waals surface area contributed by atoms with E-state index in [9.17, 15) is 4.79 Å². The quantitative estimate of drug-likeness (QED) is 0.795. The lowest BCUT2D eigenvalue weighted by molar-refractivity contribution is 0.100. The van der Waals surface area contributed by atoms with Gasteiger partial charge in [-0.3, -0.25) is 4.79 Å². The summed E-state index contributed by atoms with van der Waals surface area (Å²) in [5.74, 6) is -0.169. The fraction of sp³-hybridized carbons (Fsp3) is 0.300. The second-order valence-corrected chi connectivity index (χ2v) is 3.93. The standard InChI is InChI=1S/C10H12Cl2N2O2/c11-7-4-6(16-3-1-2-13)5-8(12)9(7)10(14)15/h4-5H,1-3,13H2,(H2,14,15). The van der Waals surface area contributed by atoms with Crippen molar-refractivity contribution in [2.45, 2.75) is 6.42 Å². The van der Waals surface area contributed by atoms with Crippen molar-refractivity contribution in [1.29, 1.82) is 0 Å². The summed E-state index contributed by atoms with van der Waals surface area (Å²) in [6.07, 6.45) is 0.729. The molecule has 0 aliphatic rings. The minimum atomic E-state index is -0.663. The van der Waals surface area contributed by atoms with Gasteiger partial charge in [-0.25, -0.2) is 0 Å². The first-order valence-electron chi connectivity index (χ1n) is 4.68. The van der Waals surface area contributed by atoms with Crippen LogP contribution in [0.5, 0.6) is 5.75 Å². The van der Waals surface area contributed by atoms with Crippen LogP contribution in [0.4, 0.5) is 0 Å². The molecule has 0 aliphatic carbocycles. The number of hydrogen-bond acceptors (Lipinski definition) is 3. The molecule has 0 saturated carbocycles. The van der Waals surface area contributed by atoms with Crippen molar-refractivity contribution in [1.82, 2.24) is 0 Å². The minimum absolute atomic E-state index is 0.106. The van der Waals surface area contributed by atoms with Gasteiger partial charge < -0.3 is 16.2 Å². The molecule has 6 heteroatoms. The zero-order valence-electron chi connectivity index (χ0n) is 8.50. The lowest BCUT2D eigenvalue weighted by Gasteiger charge is -2.09. The first kappa shape index (κ1) is 13.1. The molecule has 0 bridgehead atoms. The highest BCUT2D eigenvalue weighted by molar-refractivity contribution is 6.39. The van der Waals surface area contributed by atoms with Gasteiger partial charge in [0.2, 0.25) is 0 Å². The number of ether oxygens (including phenoxy) is 1. The fourth-order valence-corrected chi connectivity index (χ4v) is 1.80. The zero-order valence-corrected chi connectivity index (χ0v) is 10.0. The molecule has 1 aromatic carbocycles. The highest BCUT2D eigenvalue weighted by atomic mass is 35.5. The molecule has 0 spiro atoms. The van der Waals surface area contributed by atoms with Gasteiger partial charge in [0.15, 0.2) is 0 Å². The maximum absolute atomic E-state index is 11.0. The molecule has 0 aromatic heterocycles. The molecule has 1 rings (SSSR count). The highest BCUT2D eigenvalue weighted by Crippen LogP contribution is 2.29. The van der Waals surface area contributed by atoms with Crippen LogP contribution < -0.4 is 16.2 Å². The van der Waals surface area contributed by atoms with Gasteiger partial charge in [0, 0.05) is 0 Å². The minimum Gasteiger partial charge on any atom is -0.493 e. The number of carbonyl (C=O) groups excluding carboxylic acids is 1. The number of hydrogen-bond donors (Lipinski definition) is 2. The smallest absolute Gasteiger partial charge is 0.251 e. The second-order valence-electron chi connectivity index (χ2n) is 3.12. The second kappa shape index (κ2) is 5.94. The molecule has 88 valence electrons. The molecule has 4 N–H and O–H groups in total. The van der Waals surface area contributed by atoms with E-state index in [-0.39, 0.29) is 15.6 Å². The normalized spacial score (nSPS) is 10.2. The molecule has 1 amide bonds. The molecule has 0 heterocycles. The molecular weight excluding hydrogens is 251 g/mol. The van der Waals surface area contributed by atoms with E-state index >= 15 is 0 Å². The van der Waals surface area contributed by atoms with Crippen LogP contribution in [0.25, 0.3) is 0 Å². The van der Waals surface area contributed by atoms with E-state index in [0.29, 0.717) is 18.9 Å². The van der Waals surface area contributed by atoms with E-state index in [4.69, 9.17) is 39.4 Å². The van der Waals surface area contributed by atoms with Crippen LogP contribution in [0.3, 0.4) is 0 Å². The molecule has 4 nitrogen and oxygen atoms in total. The summed E-state index contributed by atoms with van der Waals surface area (Å²) in [5, 5.41) is 0.366. The van der Waals surface area contributed by atoms with Gasteiger partial charge in [0.05, 0.1) is 22.2 Å². The summed E-state index contributed by atoms with van der Waals surface area (Å²) < 4.78 is 5.34. The number of nitrogens with two attached hydrogens (primary N) is 2. The molecule has 0 fully saturated rings. The molecule has 0 radical (unpaired) electrons. The summed E-state index contributed by atoms with van der Waals surface area (Å²) >= 11 is 11.7. The van der Waals surface area contributed by atoms with Crippen molar-refractivity contribution in [3.05, 3.63) is 27.7 Å². The van der Waals surface area contributed by atoms with Crippen molar-refractivity contribution < 1.29 is 9.53 Å². The average molecular weight is 263 g/mol. The van der Waals surface area contributed by atoms with Gasteiger partial charge in [0.1, 0.15) is 5.75 Å². The molecule has 1 aromatic rings. The number of benzene rings is 1. The number of amides is 1. The lowest BCUT2D eigenvalue weighted by Crippen LogP contribution is -2.12. The van der Waals surface area contributed by atoms with Crippen molar-refractivity contribution in [3.63, 3.8) is 0 Å². The van der Waals surface area contributed by atoms with Crippen LogP contribution >= 0.6 is 23.2 Å². The third-order valence-corrected chi connectivity index (χ3v) is 2.48. The van der Waals surface area contributed by atoms with Crippen LogP contribution in [-0.2, 0) is 0 Å². The van der Waals surface area contributed by atoms with Gasteiger partial charge in [-0.1, -0.05) is 23.2 Å². The molecular formula is C10H12Cl2N2O2. The van der Waals surface area contributed by atoms with Gasteiger partial charge in [-0.05, 0) is 25.1 Å².